The van der Waals surface area contributed by atoms with Gasteiger partial charge in [-0.3, -0.25) is 0 Å². The Morgan fingerprint density at radius 3 is 2.44 bits per heavy atom. The Labute approximate surface area is 70.6 Å². The molecular weight excluding hydrogens is 130 g/mol. The maximum absolute atomic E-state index is 10.0. The van der Waals surface area contributed by atoms with Crippen LogP contribution in [0.1, 0.15) is 27.6 Å². The van der Waals surface area contributed by atoms with Crippen molar-refractivity contribution in [2.45, 2.75) is 26.2 Å². The summed E-state index contributed by atoms with van der Waals surface area (Å²) in [6.45, 7) is 2.07. The predicted molar refractivity (Wildman–Crippen MR) is 35.3 cm³/mol. The van der Waals surface area contributed by atoms with E-state index in [-0.39, 0.29) is 20.3 Å². The summed E-state index contributed by atoms with van der Waals surface area (Å²) >= 11 is 0. The van der Waals surface area contributed by atoms with Gasteiger partial charge < -0.3 is 1.43 Å². The van der Waals surface area contributed by atoms with E-state index in [2.05, 4.69) is 6.92 Å². The van der Waals surface area contributed by atoms with Crippen LogP contribution in [0.5, 0.6) is 0 Å². The van der Waals surface area contributed by atoms with Crippen LogP contribution >= 0.6 is 8.03 Å². The Morgan fingerprint density at radius 2 is 2.11 bits per heavy atom. The van der Waals surface area contributed by atoms with Gasteiger partial charge in [-0.2, -0.15) is 4.89 Å². The largest absolute Gasteiger partial charge is 1.00 e. The maximum Gasteiger partial charge on any atom is 1.00 e. The van der Waals surface area contributed by atoms with E-state index in [9.17, 15) is 4.57 Å². The van der Waals surface area contributed by atoms with Gasteiger partial charge in [0.2, 0.25) is 0 Å². The fourth-order valence-electron chi connectivity index (χ4n) is 0.497. The molecule has 0 saturated heterocycles. The van der Waals surface area contributed by atoms with Gasteiger partial charge in [0.05, 0.1) is 0 Å². The topological polar surface area (TPSA) is 37.3 Å². The molecule has 0 aliphatic carbocycles. The maximum atomic E-state index is 10.0. The summed E-state index contributed by atoms with van der Waals surface area (Å²) in [6.07, 6.45) is 3.55. The van der Waals surface area contributed by atoms with Crippen LogP contribution in [0.25, 0.3) is 0 Å². The Hall–Kier alpha value is 0.657. The van der Waals surface area contributed by atoms with E-state index >= 15 is 0 Å². The Bertz CT molecular complexity index is 82.0. The van der Waals surface area contributed by atoms with Gasteiger partial charge >= 0.3 is 26.9 Å². The van der Waals surface area contributed by atoms with E-state index in [1.165, 1.54) is 0 Å². The monoisotopic (exact) mass is 143 g/mol. The minimum Gasteiger partial charge on any atom is -1.00 e. The summed E-state index contributed by atoms with van der Waals surface area (Å²) in [5.41, 5.74) is 0. The van der Waals surface area contributed by atoms with Crippen LogP contribution in [0.2, 0.25) is 0 Å². The molecule has 0 spiro atoms. The molecule has 1 N–H and O–H groups in total. The van der Waals surface area contributed by atoms with E-state index in [0.717, 1.165) is 19.3 Å². The van der Waals surface area contributed by atoms with Crippen molar-refractivity contribution in [3.8, 4) is 0 Å². The molecule has 0 rings (SSSR count). The Morgan fingerprint density at radius 1 is 1.56 bits per heavy atom. The van der Waals surface area contributed by atoms with Crippen molar-refractivity contribution >= 4 is 8.03 Å². The van der Waals surface area contributed by atoms with Crippen LogP contribution in [-0.2, 0) is 4.57 Å². The third-order valence-electron chi connectivity index (χ3n) is 0.953. The normalized spacial score (nSPS) is 10.2. The van der Waals surface area contributed by atoms with Gasteiger partial charge in [0.15, 0.2) is 6.16 Å². The third kappa shape index (κ3) is 12.0. The Balaban J connectivity index is -0.000000245. The van der Waals surface area contributed by atoms with E-state index in [1.807, 2.05) is 0 Å². The van der Waals surface area contributed by atoms with Gasteiger partial charge in [-0.1, -0.05) is 13.3 Å². The van der Waals surface area contributed by atoms with Crippen molar-refractivity contribution in [1.82, 2.24) is 0 Å². The van der Waals surface area contributed by atoms with Gasteiger partial charge in [0.1, 0.15) is 0 Å². The summed E-state index contributed by atoms with van der Waals surface area (Å²) in [5, 5.41) is 0. The van der Waals surface area contributed by atoms with Crippen LogP contribution in [0, 0.1) is 0 Å². The Kier molecular flexibility index (Phi) is 11.9. The average molecular weight is 143 g/mol. The van der Waals surface area contributed by atoms with Crippen LogP contribution in [0.4, 0.5) is 0 Å². The van der Waals surface area contributed by atoms with Crippen molar-refractivity contribution in [3.63, 3.8) is 0 Å². The van der Waals surface area contributed by atoms with Crippen molar-refractivity contribution in [1.29, 1.82) is 0 Å². The first kappa shape index (κ1) is 12.3. The quantitative estimate of drug-likeness (QED) is 0.312. The van der Waals surface area contributed by atoms with Crippen molar-refractivity contribution in [3.05, 3.63) is 0 Å². The van der Waals surface area contributed by atoms with Crippen LogP contribution < -0.4 is 18.9 Å². The van der Waals surface area contributed by atoms with Gasteiger partial charge in [-0.15, -0.1) is 0 Å². The predicted octanol–water partition coefficient (Wildman–Crippen LogP) is -0.972. The number of hydrogen-bond acceptors (Lipinski definition) is 1. The zero-order valence-corrected chi connectivity index (χ0v) is 7.03. The standard InChI is InChI=1S/C5H11O2P.Li.H/c1-2-3-4-5-8(6)7;;/h2-5H2,1H3;;/q;+1;-1/p+1. The second-order valence-corrected chi connectivity index (χ2v) is 2.93. The fraction of sp³-hybridized carbons (Fsp3) is 1.00. The van der Waals surface area contributed by atoms with Crippen molar-refractivity contribution in [2.24, 2.45) is 0 Å². The first-order chi connectivity index (χ1) is 3.77. The minimum absolute atomic E-state index is 0. The van der Waals surface area contributed by atoms with Crippen molar-refractivity contribution in [2.75, 3.05) is 6.16 Å². The minimum atomic E-state index is -1.86. The number of hydrogen-bond donors (Lipinski definition) is 1. The molecule has 0 bridgehead atoms. The number of rotatable bonds is 4. The molecule has 0 aromatic heterocycles. The molecule has 0 aromatic rings. The van der Waals surface area contributed by atoms with Crippen LogP contribution in [0.15, 0.2) is 0 Å². The second-order valence-electron chi connectivity index (χ2n) is 1.78. The molecule has 50 valence electrons. The molecular formula is C5H13LiO2P+. The zero-order chi connectivity index (χ0) is 6.41. The third-order valence-corrected chi connectivity index (χ3v) is 1.65. The molecule has 0 fully saturated rings. The molecule has 0 aliphatic rings. The van der Waals surface area contributed by atoms with E-state index < -0.39 is 8.03 Å². The van der Waals surface area contributed by atoms with Crippen LogP contribution in [0.3, 0.4) is 0 Å². The van der Waals surface area contributed by atoms with Gasteiger partial charge in [-0.05, 0) is 17.4 Å². The average Bonchev–Trinajstić information content (AvgIpc) is 1.66. The molecule has 4 heteroatoms. The molecule has 0 radical (unpaired) electrons. The van der Waals surface area contributed by atoms with E-state index in [1.54, 1.807) is 0 Å². The summed E-state index contributed by atoms with van der Waals surface area (Å²) in [6, 6.07) is 0. The van der Waals surface area contributed by atoms with Gasteiger partial charge in [0.25, 0.3) is 0 Å². The molecule has 0 amide bonds. The first-order valence-electron chi connectivity index (χ1n) is 2.91. The smallest absolute Gasteiger partial charge is 1.00 e. The molecule has 2 nitrogen and oxygen atoms in total. The first-order valence-corrected chi connectivity index (χ1v) is 4.30. The second kappa shape index (κ2) is 8.66. The summed E-state index contributed by atoms with van der Waals surface area (Å²) in [7, 11) is -1.86. The number of unbranched alkanes of at least 4 members (excludes halogenated alkanes) is 2. The van der Waals surface area contributed by atoms with Crippen molar-refractivity contribution < 1.29 is 29.7 Å². The molecule has 9 heavy (non-hydrogen) atoms. The molecule has 0 aliphatic heterocycles. The van der Waals surface area contributed by atoms with Crippen LogP contribution in [-0.4, -0.2) is 11.1 Å². The SMILES string of the molecule is CCCCC[P+](=O)O.[H-].[Li+]. The molecule has 0 heterocycles. The van der Waals surface area contributed by atoms with Gasteiger partial charge in [-0.25, -0.2) is 0 Å². The summed E-state index contributed by atoms with van der Waals surface area (Å²) in [4.78, 5) is 8.29. The molecule has 1 unspecified atom stereocenters. The summed E-state index contributed by atoms with van der Waals surface area (Å²) in [5.74, 6) is 0. The zero-order valence-electron chi connectivity index (χ0n) is 7.13. The molecule has 1 atom stereocenters. The van der Waals surface area contributed by atoms with E-state index in [0.29, 0.717) is 6.16 Å². The summed E-state index contributed by atoms with van der Waals surface area (Å²) < 4.78 is 10.0. The molecule has 0 saturated carbocycles. The van der Waals surface area contributed by atoms with E-state index in [4.69, 9.17) is 4.89 Å². The van der Waals surface area contributed by atoms with Gasteiger partial charge in [0, 0.05) is 0 Å². The fourth-order valence-corrected chi connectivity index (χ4v) is 0.991. The molecule has 0 aromatic carbocycles.